The van der Waals surface area contributed by atoms with Crippen LogP contribution in [0, 0.1) is 5.92 Å². The third kappa shape index (κ3) is 6.17. The van der Waals surface area contributed by atoms with Gasteiger partial charge in [-0.05, 0) is 55.7 Å². The molecule has 0 bridgehead atoms. The van der Waals surface area contributed by atoms with Crippen LogP contribution >= 0.6 is 12.4 Å². The lowest BCUT2D eigenvalue weighted by Gasteiger charge is -2.25. The topological polar surface area (TPSA) is 92.5 Å². The van der Waals surface area contributed by atoms with E-state index in [1.54, 1.807) is 28.6 Å². The Hall–Kier alpha value is -1.15. The lowest BCUT2D eigenvalue weighted by molar-refractivity contribution is -0.121. The molecule has 6 nitrogen and oxygen atoms in total. The molecule has 2 aliphatic rings. The van der Waals surface area contributed by atoms with Crippen molar-refractivity contribution in [1.82, 2.24) is 9.62 Å². The number of benzene rings is 1. The van der Waals surface area contributed by atoms with Gasteiger partial charge in [0.1, 0.15) is 0 Å². The monoisotopic (exact) mass is 415 g/mol. The number of piperidine rings is 1. The summed E-state index contributed by atoms with van der Waals surface area (Å²) in [5.41, 5.74) is 6.94. The standard InChI is InChI=1S/C19H29N3O3S.ClH/c20-18(16-7-8-16)14-21-19(23)11-6-15-4-9-17(10-5-15)26(24,25)22-12-2-1-3-13-22;/h4-5,9-10,16,18H,1-3,6-8,11-14,20H2,(H,21,23);1H. The van der Waals surface area contributed by atoms with Crippen molar-refractivity contribution in [2.75, 3.05) is 19.6 Å². The molecule has 152 valence electrons. The zero-order valence-corrected chi connectivity index (χ0v) is 17.2. The van der Waals surface area contributed by atoms with E-state index in [0.717, 1.165) is 24.8 Å². The molecule has 0 radical (unpaired) electrons. The highest BCUT2D eigenvalue weighted by atomic mass is 35.5. The number of sulfonamides is 1. The molecule has 3 rings (SSSR count). The summed E-state index contributed by atoms with van der Waals surface area (Å²) in [4.78, 5) is 12.3. The quantitative estimate of drug-likeness (QED) is 0.679. The van der Waals surface area contributed by atoms with Crippen molar-refractivity contribution in [2.45, 2.75) is 55.9 Å². The average Bonchev–Trinajstić information content (AvgIpc) is 3.51. The third-order valence-electron chi connectivity index (χ3n) is 5.28. The number of aryl methyl sites for hydroxylation is 1. The maximum Gasteiger partial charge on any atom is 0.243 e. The minimum atomic E-state index is -3.39. The zero-order chi connectivity index (χ0) is 18.6. The highest BCUT2D eigenvalue weighted by Gasteiger charge is 2.28. The van der Waals surface area contributed by atoms with Crippen LogP contribution < -0.4 is 11.1 Å². The first-order valence-electron chi connectivity index (χ1n) is 9.58. The number of nitrogens with two attached hydrogens (primary N) is 1. The average molecular weight is 416 g/mol. The Morgan fingerprint density at radius 1 is 1.15 bits per heavy atom. The van der Waals surface area contributed by atoms with Crippen molar-refractivity contribution < 1.29 is 13.2 Å². The van der Waals surface area contributed by atoms with Gasteiger partial charge in [-0.3, -0.25) is 4.79 Å². The summed E-state index contributed by atoms with van der Waals surface area (Å²) >= 11 is 0. The summed E-state index contributed by atoms with van der Waals surface area (Å²) in [6, 6.07) is 6.98. The van der Waals surface area contributed by atoms with Crippen molar-refractivity contribution in [2.24, 2.45) is 11.7 Å². The molecular weight excluding hydrogens is 386 g/mol. The number of nitrogens with one attached hydrogen (secondary N) is 1. The first kappa shape index (κ1) is 22.1. The maximum absolute atomic E-state index is 12.6. The van der Waals surface area contributed by atoms with E-state index in [0.29, 0.717) is 43.3 Å². The van der Waals surface area contributed by atoms with Crippen LogP contribution in [0.5, 0.6) is 0 Å². The molecule has 1 aromatic rings. The van der Waals surface area contributed by atoms with Crippen LogP contribution in [-0.4, -0.2) is 44.3 Å². The molecule has 1 atom stereocenters. The van der Waals surface area contributed by atoms with Crippen LogP contribution in [0.25, 0.3) is 0 Å². The van der Waals surface area contributed by atoms with Gasteiger partial charge in [0.25, 0.3) is 0 Å². The molecule has 1 aliphatic heterocycles. The Morgan fingerprint density at radius 2 is 1.78 bits per heavy atom. The fraction of sp³-hybridized carbons (Fsp3) is 0.632. The number of halogens is 1. The van der Waals surface area contributed by atoms with Gasteiger partial charge in [0.15, 0.2) is 0 Å². The van der Waals surface area contributed by atoms with E-state index in [1.807, 2.05) is 0 Å². The highest BCUT2D eigenvalue weighted by Crippen LogP contribution is 2.31. The van der Waals surface area contributed by atoms with Gasteiger partial charge in [0.2, 0.25) is 15.9 Å². The smallest absolute Gasteiger partial charge is 0.243 e. The van der Waals surface area contributed by atoms with Crippen LogP contribution in [0.3, 0.4) is 0 Å². The van der Waals surface area contributed by atoms with Crippen molar-refractivity contribution in [3.8, 4) is 0 Å². The Labute approximate surface area is 168 Å². The van der Waals surface area contributed by atoms with E-state index in [9.17, 15) is 13.2 Å². The van der Waals surface area contributed by atoms with E-state index in [4.69, 9.17) is 5.73 Å². The Bertz CT molecular complexity index is 714. The SMILES string of the molecule is Cl.NC(CNC(=O)CCc1ccc(S(=O)(=O)N2CCCCC2)cc1)C1CC1. The molecule has 1 amide bonds. The summed E-state index contributed by atoms with van der Waals surface area (Å²) < 4.78 is 26.8. The Balaban J connectivity index is 0.00000261. The van der Waals surface area contributed by atoms with E-state index in [-0.39, 0.29) is 24.4 Å². The second-order valence-corrected chi connectivity index (χ2v) is 9.35. The number of amides is 1. The van der Waals surface area contributed by atoms with Crippen molar-refractivity contribution in [1.29, 1.82) is 0 Å². The van der Waals surface area contributed by atoms with Gasteiger partial charge in [0.05, 0.1) is 4.90 Å². The second kappa shape index (κ2) is 9.87. The van der Waals surface area contributed by atoms with Crippen LogP contribution in [0.15, 0.2) is 29.2 Å². The first-order valence-corrected chi connectivity index (χ1v) is 11.0. The number of hydrogen-bond donors (Lipinski definition) is 2. The first-order chi connectivity index (χ1) is 12.5. The predicted octanol–water partition coefficient (Wildman–Crippen LogP) is 2.07. The van der Waals surface area contributed by atoms with Crippen molar-refractivity contribution >= 4 is 28.3 Å². The normalized spacial score (nSPS) is 19.1. The molecule has 1 aliphatic carbocycles. The Kier molecular flexibility index (Phi) is 8.09. The molecule has 1 aromatic carbocycles. The van der Waals surface area contributed by atoms with Gasteiger partial charge in [-0.25, -0.2) is 8.42 Å². The van der Waals surface area contributed by atoms with Gasteiger partial charge < -0.3 is 11.1 Å². The molecule has 1 unspecified atom stereocenters. The summed E-state index contributed by atoms with van der Waals surface area (Å²) in [6.45, 7) is 1.75. The molecule has 1 heterocycles. The minimum absolute atomic E-state index is 0. The highest BCUT2D eigenvalue weighted by molar-refractivity contribution is 7.89. The van der Waals surface area contributed by atoms with Crippen LogP contribution in [0.2, 0.25) is 0 Å². The molecule has 0 spiro atoms. The van der Waals surface area contributed by atoms with Crippen LogP contribution in [0.1, 0.15) is 44.1 Å². The number of rotatable bonds is 8. The van der Waals surface area contributed by atoms with Gasteiger partial charge >= 0.3 is 0 Å². The largest absolute Gasteiger partial charge is 0.355 e. The van der Waals surface area contributed by atoms with Crippen molar-refractivity contribution in [3.05, 3.63) is 29.8 Å². The predicted molar refractivity (Wildman–Crippen MR) is 108 cm³/mol. The summed E-state index contributed by atoms with van der Waals surface area (Å²) in [6.07, 6.45) is 6.27. The number of carbonyl (C=O) groups excluding carboxylic acids is 1. The number of nitrogens with zero attached hydrogens (tertiary/aromatic N) is 1. The van der Waals surface area contributed by atoms with Crippen molar-refractivity contribution in [3.63, 3.8) is 0 Å². The summed E-state index contributed by atoms with van der Waals surface area (Å²) in [5, 5.41) is 2.89. The van der Waals surface area contributed by atoms with Crippen LogP contribution in [-0.2, 0) is 21.2 Å². The molecule has 8 heteroatoms. The third-order valence-corrected chi connectivity index (χ3v) is 7.19. The van der Waals surface area contributed by atoms with Gasteiger partial charge in [0, 0.05) is 32.1 Å². The lowest BCUT2D eigenvalue weighted by atomic mass is 10.1. The zero-order valence-electron chi connectivity index (χ0n) is 15.6. The van der Waals surface area contributed by atoms with Gasteiger partial charge in [-0.2, -0.15) is 4.31 Å². The lowest BCUT2D eigenvalue weighted by Crippen LogP contribution is -2.38. The molecule has 1 saturated heterocycles. The van der Waals surface area contributed by atoms with E-state index in [2.05, 4.69) is 5.32 Å². The van der Waals surface area contributed by atoms with E-state index < -0.39 is 10.0 Å². The number of hydrogen-bond acceptors (Lipinski definition) is 4. The van der Waals surface area contributed by atoms with Gasteiger partial charge in [-0.1, -0.05) is 18.6 Å². The summed E-state index contributed by atoms with van der Waals surface area (Å²) in [5.74, 6) is 0.566. The minimum Gasteiger partial charge on any atom is -0.355 e. The Morgan fingerprint density at radius 3 is 2.37 bits per heavy atom. The van der Waals surface area contributed by atoms with E-state index >= 15 is 0 Å². The molecule has 0 aromatic heterocycles. The van der Waals surface area contributed by atoms with Crippen LogP contribution in [0.4, 0.5) is 0 Å². The fourth-order valence-electron chi connectivity index (χ4n) is 3.35. The molecule has 27 heavy (non-hydrogen) atoms. The second-order valence-electron chi connectivity index (χ2n) is 7.41. The number of carbonyl (C=O) groups is 1. The van der Waals surface area contributed by atoms with Gasteiger partial charge in [-0.15, -0.1) is 12.4 Å². The molecular formula is C19H30ClN3O3S. The summed E-state index contributed by atoms with van der Waals surface area (Å²) in [7, 11) is -3.39. The molecule has 2 fully saturated rings. The maximum atomic E-state index is 12.6. The molecule has 1 saturated carbocycles. The fourth-order valence-corrected chi connectivity index (χ4v) is 4.87. The van der Waals surface area contributed by atoms with E-state index in [1.165, 1.54) is 12.8 Å². The molecule has 3 N–H and O–H groups in total.